The van der Waals surface area contributed by atoms with Crippen LogP contribution in [-0.2, 0) is 0 Å². The molecule has 0 saturated heterocycles. The lowest BCUT2D eigenvalue weighted by atomic mass is 10.0. The van der Waals surface area contributed by atoms with Gasteiger partial charge in [0.2, 0.25) is 0 Å². The third kappa shape index (κ3) is 1.66. The fraction of sp³-hybridized carbons (Fsp3) is 0.0714. The van der Waals surface area contributed by atoms with Crippen LogP contribution in [-0.4, -0.2) is 9.97 Å². The summed E-state index contributed by atoms with van der Waals surface area (Å²) in [5.41, 5.74) is 2.86. The molecule has 0 bridgehead atoms. The Hall–Kier alpha value is -2.23. The van der Waals surface area contributed by atoms with Crippen molar-refractivity contribution in [3.63, 3.8) is 0 Å². The molecule has 3 rings (SSSR count). The van der Waals surface area contributed by atoms with E-state index in [2.05, 4.69) is 9.97 Å². The predicted molar refractivity (Wildman–Crippen MR) is 66.2 cm³/mol. The zero-order valence-corrected chi connectivity index (χ0v) is 9.67. The summed E-state index contributed by atoms with van der Waals surface area (Å²) in [7, 11) is 0. The molecule has 18 heavy (non-hydrogen) atoms. The first-order valence-electron chi connectivity index (χ1n) is 5.55. The van der Waals surface area contributed by atoms with Crippen LogP contribution in [0.15, 0.2) is 36.5 Å². The first-order valence-corrected chi connectivity index (χ1v) is 5.55. The molecule has 0 radical (unpaired) electrons. The fourth-order valence-electron chi connectivity index (χ4n) is 2.22. The summed E-state index contributed by atoms with van der Waals surface area (Å²) in [6, 6.07) is 7.20. The van der Waals surface area contributed by atoms with Gasteiger partial charge in [-0.1, -0.05) is 0 Å². The number of rotatable bonds is 1. The second-order valence-electron chi connectivity index (χ2n) is 4.18. The van der Waals surface area contributed by atoms with Crippen LogP contribution in [0.1, 0.15) is 5.69 Å². The standard InChI is InChI=1S/C14H10F2N2/c1-8-13(9-5-10(15)7-11(16)6-9)12-3-2-4-17-14(12)18-8/h2-7H,1H3,(H,17,18). The second-order valence-corrected chi connectivity index (χ2v) is 4.18. The Balaban J connectivity index is 2.34. The molecule has 2 heterocycles. The van der Waals surface area contributed by atoms with Gasteiger partial charge in [0.05, 0.1) is 0 Å². The number of pyridine rings is 1. The van der Waals surface area contributed by atoms with Crippen molar-refractivity contribution in [2.45, 2.75) is 6.92 Å². The summed E-state index contributed by atoms with van der Waals surface area (Å²) in [4.78, 5) is 7.30. The molecule has 0 amide bonds. The van der Waals surface area contributed by atoms with Gasteiger partial charge in [-0.15, -0.1) is 0 Å². The molecular formula is C14H10F2N2. The van der Waals surface area contributed by atoms with E-state index in [9.17, 15) is 8.78 Å². The maximum absolute atomic E-state index is 13.3. The van der Waals surface area contributed by atoms with E-state index in [1.807, 2.05) is 13.0 Å². The molecule has 3 aromatic rings. The highest BCUT2D eigenvalue weighted by atomic mass is 19.1. The van der Waals surface area contributed by atoms with E-state index in [-0.39, 0.29) is 0 Å². The van der Waals surface area contributed by atoms with E-state index in [0.29, 0.717) is 5.56 Å². The third-order valence-corrected chi connectivity index (χ3v) is 2.91. The van der Waals surface area contributed by atoms with Gasteiger partial charge in [0.1, 0.15) is 17.3 Å². The Morgan fingerprint density at radius 3 is 2.56 bits per heavy atom. The number of aryl methyl sites for hydroxylation is 1. The van der Waals surface area contributed by atoms with Gasteiger partial charge in [-0.05, 0) is 36.8 Å². The first-order chi connectivity index (χ1) is 8.65. The Bertz CT molecular complexity index is 711. The first kappa shape index (κ1) is 10.9. The maximum Gasteiger partial charge on any atom is 0.138 e. The number of H-pyrrole nitrogens is 1. The van der Waals surface area contributed by atoms with Crippen LogP contribution in [0.4, 0.5) is 8.78 Å². The third-order valence-electron chi connectivity index (χ3n) is 2.91. The number of hydrogen-bond donors (Lipinski definition) is 1. The van der Waals surface area contributed by atoms with Gasteiger partial charge in [-0.2, -0.15) is 0 Å². The van der Waals surface area contributed by atoms with Gasteiger partial charge in [-0.25, -0.2) is 13.8 Å². The molecule has 2 aromatic heterocycles. The smallest absolute Gasteiger partial charge is 0.138 e. The molecule has 0 aliphatic rings. The van der Waals surface area contributed by atoms with Crippen LogP contribution in [0.3, 0.4) is 0 Å². The van der Waals surface area contributed by atoms with Crippen molar-refractivity contribution in [2.75, 3.05) is 0 Å². The Labute approximate surface area is 102 Å². The van der Waals surface area contributed by atoms with E-state index in [0.717, 1.165) is 28.4 Å². The van der Waals surface area contributed by atoms with E-state index < -0.39 is 11.6 Å². The van der Waals surface area contributed by atoms with Crippen molar-refractivity contribution in [1.29, 1.82) is 0 Å². The van der Waals surface area contributed by atoms with E-state index in [4.69, 9.17) is 0 Å². The number of benzene rings is 1. The minimum absolute atomic E-state index is 0.518. The molecule has 0 spiro atoms. The summed E-state index contributed by atoms with van der Waals surface area (Å²) >= 11 is 0. The number of aromatic nitrogens is 2. The summed E-state index contributed by atoms with van der Waals surface area (Å²) in [6.45, 7) is 1.86. The minimum Gasteiger partial charge on any atom is -0.343 e. The number of nitrogens with zero attached hydrogens (tertiary/aromatic N) is 1. The lowest BCUT2D eigenvalue weighted by molar-refractivity contribution is 0.584. The van der Waals surface area contributed by atoms with Crippen LogP contribution < -0.4 is 0 Å². The van der Waals surface area contributed by atoms with E-state index >= 15 is 0 Å². The summed E-state index contributed by atoms with van der Waals surface area (Å²) in [6.07, 6.45) is 1.67. The van der Waals surface area contributed by atoms with Gasteiger partial charge in [-0.3, -0.25) is 0 Å². The minimum atomic E-state index is -0.581. The van der Waals surface area contributed by atoms with E-state index in [1.54, 1.807) is 12.3 Å². The summed E-state index contributed by atoms with van der Waals surface area (Å²) in [5.74, 6) is -1.16. The van der Waals surface area contributed by atoms with Crippen molar-refractivity contribution >= 4 is 11.0 Å². The molecule has 1 N–H and O–H groups in total. The van der Waals surface area contributed by atoms with Gasteiger partial charge < -0.3 is 4.98 Å². The topological polar surface area (TPSA) is 28.7 Å². The van der Waals surface area contributed by atoms with E-state index in [1.165, 1.54) is 12.1 Å². The molecule has 0 saturated carbocycles. The number of fused-ring (bicyclic) bond motifs is 1. The molecule has 90 valence electrons. The van der Waals surface area contributed by atoms with Crippen LogP contribution >= 0.6 is 0 Å². The normalized spacial score (nSPS) is 11.1. The predicted octanol–water partition coefficient (Wildman–Crippen LogP) is 3.82. The van der Waals surface area contributed by atoms with Crippen molar-refractivity contribution in [2.24, 2.45) is 0 Å². The lowest BCUT2D eigenvalue weighted by Gasteiger charge is -2.02. The number of hydrogen-bond acceptors (Lipinski definition) is 1. The molecule has 0 unspecified atom stereocenters. The quantitative estimate of drug-likeness (QED) is 0.692. The average Bonchev–Trinajstić information content (AvgIpc) is 2.63. The second kappa shape index (κ2) is 3.91. The Morgan fingerprint density at radius 2 is 1.83 bits per heavy atom. The summed E-state index contributed by atoms with van der Waals surface area (Å²) in [5, 5.41) is 0.861. The Morgan fingerprint density at radius 1 is 1.11 bits per heavy atom. The lowest BCUT2D eigenvalue weighted by Crippen LogP contribution is -1.85. The molecule has 0 aliphatic carbocycles. The van der Waals surface area contributed by atoms with Gasteiger partial charge in [0.15, 0.2) is 0 Å². The molecule has 0 atom stereocenters. The van der Waals surface area contributed by atoms with Crippen LogP contribution in [0.2, 0.25) is 0 Å². The van der Waals surface area contributed by atoms with Crippen molar-refractivity contribution in [1.82, 2.24) is 9.97 Å². The summed E-state index contributed by atoms with van der Waals surface area (Å²) < 4.78 is 26.6. The van der Waals surface area contributed by atoms with Gasteiger partial charge in [0.25, 0.3) is 0 Å². The largest absolute Gasteiger partial charge is 0.343 e. The monoisotopic (exact) mass is 244 g/mol. The van der Waals surface area contributed by atoms with Gasteiger partial charge >= 0.3 is 0 Å². The van der Waals surface area contributed by atoms with Crippen LogP contribution in [0.5, 0.6) is 0 Å². The number of aromatic amines is 1. The molecule has 4 heteroatoms. The zero-order chi connectivity index (χ0) is 12.7. The molecule has 2 nitrogen and oxygen atoms in total. The van der Waals surface area contributed by atoms with Crippen molar-refractivity contribution < 1.29 is 8.78 Å². The molecular weight excluding hydrogens is 234 g/mol. The highest BCUT2D eigenvalue weighted by Gasteiger charge is 2.12. The SMILES string of the molecule is Cc1[nH]c2ncccc2c1-c1cc(F)cc(F)c1. The fourth-order valence-corrected chi connectivity index (χ4v) is 2.22. The highest BCUT2D eigenvalue weighted by molar-refractivity contribution is 5.95. The number of halogens is 2. The Kier molecular flexibility index (Phi) is 2.37. The van der Waals surface area contributed by atoms with Crippen molar-refractivity contribution in [3.05, 3.63) is 53.9 Å². The molecule has 1 aromatic carbocycles. The molecule has 0 aliphatic heterocycles. The highest BCUT2D eigenvalue weighted by Crippen LogP contribution is 2.31. The zero-order valence-electron chi connectivity index (χ0n) is 9.67. The maximum atomic E-state index is 13.3. The number of nitrogens with one attached hydrogen (secondary N) is 1. The molecule has 0 fully saturated rings. The van der Waals surface area contributed by atoms with Crippen LogP contribution in [0, 0.1) is 18.6 Å². The van der Waals surface area contributed by atoms with Crippen LogP contribution in [0.25, 0.3) is 22.2 Å². The average molecular weight is 244 g/mol. The van der Waals surface area contributed by atoms with Gasteiger partial charge in [0, 0.05) is 28.9 Å². The van der Waals surface area contributed by atoms with Crippen molar-refractivity contribution in [3.8, 4) is 11.1 Å².